The molecule has 1 saturated carbocycles. The topological polar surface area (TPSA) is 51.8 Å². The number of benzene rings is 2. The number of furan rings is 1. The molecular weight excluding hydrogens is 807 g/mol. The van der Waals surface area contributed by atoms with Crippen LogP contribution in [-0.4, -0.2) is 23.0 Å². The van der Waals surface area contributed by atoms with Gasteiger partial charge in [0.05, 0.1) is 13.7 Å². The van der Waals surface area contributed by atoms with Crippen LogP contribution in [0.2, 0.25) is 19.6 Å². The van der Waals surface area contributed by atoms with Gasteiger partial charge in [-0.3, -0.25) is 0 Å². The largest absolute Gasteiger partial charge is 0.486 e. The van der Waals surface area contributed by atoms with Gasteiger partial charge in [-0.05, 0) is 78.2 Å². The van der Waals surface area contributed by atoms with E-state index in [1.165, 1.54) is 48.4 Å². The van der Waals surface area contributed by atoms with Crippen LogP contribution in [0.1, 0.15) is 82.5 Å². The van der Waals surface area contributed by atoms with Gasteiger partial charge in [0.2, 0.25) is 5.71 Å². The fraction of sp³-hybridized carbons (Fsp3) is 0.386. The minimum absolute atomic E-state index is 0. The Balaban J connectivity index is 0.000000199. The Kier molecular flexibility index (Phi) is 12.0. The summed E-state index contributed by atoms with van der Waals surface area (Å²) in [4.78, 5) is 13.9. The molecule has 263 valence electrons. The van der Waals surface area contributed by atoms with E-state index >= 15 is 0 Å². The smallest absolute Gasteiger partial charge is 0.216 e. The Bertz CT molecular complexity index is 2030. The second kappa shape index (κ2) is 15.8. The van der Waals surface area contributed by atoms with E-state index in [0.29, 0.717) is 11.6 Å². The van der Waals surface area contributed by atoms with Gasteiger partial charge in [0.1, 0.15) is 0 Å². The molecule has 6 heteroatoms. The van der Waals surface area contributed by atoms with Gasteiger partial charge in [-0.15, -0.1) is 54.1 Å². The second-order valence-electron chi connectivity index (χ2n) is 16.2. The molecule has 0 bridgehead atoms. The number of pyridine rings is 3. The van der Waals surface area contributed by atoms with Gasteiger partial charge in [0, 0.05) is 43.6 Å². The van der Waals surface area contributed by atoms with Crippen LogP contribution in [-0.2, 0) is 26.5 Å². The first-order chi connectivity index (χ1) is 23.4. The van der Waals surface area contributed by atoms with Gasteiger partial charge in [0.25, 0.3) is 0 Å². The van der Waals surface area contributed by atoms with Gasteiger partial charge in [-0.2, -0.15) is 0 Å². The summed E-state index contributed by atoms with van der Waals surface area (Å²) in [6.07, 6.45) is 11.9. The number of hydrogen-bond donors (Lipinski definition) is 0. The van der Waals surface area contributed by atoms with E-state index in [-0.39, 0.29) is 25.5 Å². The Morgan fingerprint density at radius 1 is 0.880 bits per heavy atom. The minimum Gasteiger partial charge on any atom is -0.486 e. The molecule has 1 aliphatic carbocycles. The van der Waals surface area contributed by atoms with Crippen LogP contribution >= 0.6 is 0 Å². The first-order valence-corrected chi connectivity index (χ1v) is 21.5. The first kappa shape index (κ1) is 37.8. The van der Waals surface area contributed by atoms with Crippen molar-refractivity contribution in [3.8, 4) is 22.5 Å². The number of rotatable bonds is 6. The molecule has 1 fully saturated rings. The summed E-state index contributed by atoms with van der Waals surface area (Å²) in [5, 5.41) is 3.60. The van der Waals surface area contributed by atoms with E-state index in [1.807, 2.05) is 43.5 Å². The Labute approximate surface area is 313 Å². The Morgan fingerprint density at radius 3 is 2.36 bits per heavy atom. The van der Waals surface area contributed by atoms with E-state index in [9.17, 15) is 0 Å². The standard InChI is InChI=1S/C25H25N2O.C19H26NSi.Ir/c1-16-11-12-21-20-9-6-10-22(24(20)28-25(21)27-16)23-15-19(13-14-26-23)17(2)18-7-4-3-5-8-18;1-19(2,3)13-16-12-17(15-10-8-7-9-11-15)20-14-18(16)21(4,5)6;/h6,9,11-15,17-18H,3-5,7-8H2,1-2H3;7-10,12,14H,13H2,1-6H3;/q2*-1;. The molecule has 0 aliphatic heterocycles. The maximum atomic E-state index is 6.15. The van der Waals surface area contributed by atoms with Crippen molar-refractivity contribution < 1.29 is 24.5 Å². The normalized spacial score (nSPS) is 14.6. The molecule has 1 radical (unpaired) electrons. The van der Waals surface area contributed by atoms with Crippen molar-refractivity contribution >= 4 is 35.3 Å². The summed E-state index contributed by atoms with van der Waals surface area (Å²) >= 11 is 0. The van der Waals surface area contributed by atoms with Crippen LogP contribution in [0.15, 0.2) is 83.5 Å². The average Bonchev–Trinajstić information content (AvgIpc) is 3.45. The van der Waals surface area contributed by atoms with Crippen LogP contribution in [0.3, 0.4) is 0 Å². The molecule has 0 amide bonds. The summed E-state index contributed by atoms with van der Waals surface area (Å²) in [5.74, 6) is 1.34. The second-order valence-corrected chi connectivity index (χ2v) is 21.2. The van der Waals surface area contributed by atoms with E-state index in [0.717, 1.165) is 56.9 Å². The molecule has 1 unspecified atom stereocenters. The zero-order chi connectivity index (χ0) is 34.8. The van der Waals surface area contributed by atoms with E-state index in [1.54, 1.807) is 0 Å². The third kappa shape index (κ3) is 8.88. The molecule has 4 nitrogen and oxygen atoms in total. The number of aryl methyl sites for hydroxylation is 1. The van der Waals surface area contributed by atoms with E-state index < -0.39 is 8.07 Å². The fourth-order valence-corrected chi connectivity index (χ4v) is 8.84. The van der Waals surface area contributed by atoms with Crippen LogP contribution in [0, 0.1) is 30.4 Å². The van der Waals surface area contributed by atoms with Gasteiger partial charge in [0.15, 0.2) is 0 Å². The molecule has 4 heterocycles. The molecule has 50 heavy (non-hydrogen) atoms. The van der Waals surface area contributed by atoms with Gasteiger partial charge in [-0.25, -0.2) is 4.98 Å². The Hall–Kier alpha value is -3.44. The molecule has 2 aromatic carbocycles. The van der Waals surface area contributed by atoms with E-state index in [2.05, 4.69) is 112 Å². The molecule has 7 rings (SSSR count). The Morgan fingerprint density at radius 2 is 1.66 bits per heavy atom. The summed E-state index contributed by atoms with van der Waals surface area (Å²) in [7, 11) is -1.37. The molecule has 0 saturated heterocycles. The van der Waals surface area contributed by atoms with E-state index in [4.69, 9.17) is 9.40 Å². The zero-order valence-electron chi connectivity index (χ0n) is 31.0. The van der Waals surface area contributed by atoms with Crippen molar-refractivity contribution in [3.05, 3.63) is 108 Å². The summed E-state index contributed by atoms with van der Waals surface area (Å²) in [5.41, 5.74) is 9.55. The van der Waals surface area contributed by atoms with Crippen molar-refractivity contribution in [3.63, 3.8) is 0 Å². The van der Waals surface area contributed by atoms with Gasteiger partial charge >= 0.3 is 0 Å². The van der Waals surface area contributed by atoms with Crippen LogP contribution in [0.4, 0.5) is 0 Å². The van der Waals surface area contributed by atoms with Crippen molar-refractivity contribution in [2.24, 2.45) is 11.3 Å². The predicted octanol–water partition coefficient (Wildman–Crippen LogP) is 11.5. The number of aromatic nitrogens is 3. The summed E-state index contributed by atoms with van der Waals surface area (Å²) in [6.45, 7) is 18.4. The minimum atomic E-state index is -1.37. The number of nitrogens with zero attached hydrogens (tertiary/aromatic N) is 3. The summed E-state index contributed by atoms with van der Waals surface area (Å²) < 4.78 is 6.15. The molecule has 0 N–H and O–H groups in total. The molecular formula is C44H51IrN3OSi-2. The van der Waals surface area contributed by atoms with Gasteiger partial charge < -0.3 is 14.4 Å². The molecule has 6 aromatic rings. The van der Waals surface area contributed by atoms with Crippen molar-refractivity contribution in [2.75, 3.05) is 0 Å². The average molecular weight is 858 g/mol. The number of fused-ring (bicyclic) bond motifs is 3. The molecule has 1 aliphatic rings. The SMILES string of the molecule is CC(C)(C)Cc1cc(-c2[c-]cccc2)ncc1[Si](C)(C)C.Cc1ccc2c(n1)oc1c(-c3cc(C(C)C4CCCCC4)ccn3)[c-]ccc12.[Ir]. The number of hydrogen-bond acceptors (Lipinski definition) is 4. The molecule has 1 atom stereocenters. The zero-order valence-corrected chi connectivity index (χ0v) is 34.4. The van der Waals surface area contributed by atoms with Gasteiger partial charge in [-0.1, -0.05) is 101 Å². The third-order valence-corrected chi connectivity index (χ3v) is 11.9. The maximum Gasteiger partial charge on any atom is 0.216 e. The van der Waals surface area contributed by atoms with Crippen LogP contribution in [0.25, 0.3) is 44.6 Å². The maximum absolute atomic E-state index is 6.15. The fourth-order valence-electron chi connectivity index (χ4n) is 7.27. The van der Waals surface area contributed by atoms with Crippen LogP contribution in [0.5, 0.6) is 0 Å². The van der Waals surface area contributed by atoms with Crippen molar-refractivity contribution in [2.45, 2.75) is 98.7 Å². The molecule has 0 spiro atoms. The van der Waals surface area contributed by atoms with Crippen molar-refractivity contribution in [1.82, 2.24) is 15.0 Å². The summed E-state index contributed by atoms with van der Waals surface area (Å²) in [6, 6.07) is 29.5. The third-order valence-electron chi connectivity index (χ3n) is 9.86. The van der Waals surface area contributed by atoms with Crippen LogP contribution < -0.4 is 5.19 Å². The first-order valence-electron chi connectivity index (χ1n) is 18.0. The van der Waals surface area contributed by atoms with Crippen molar-refractivity contribution in [1.29, 1.82) is 0 Å². The monoisotopic (exact) mass is 858 g/mol. The predicted molar refractivity (Wildman–Crippen MR) is 208 cm³/mol. The quantitative estimate of drug-likeness (QED) is 0.124. The molecule has 4 aromatic heterocycles.